The van der Waals surface area contributed by atoms with Gasteiger partial charge >= 0.3 is 0 Å². The quantitative estimate of drug-likeness (QED) is 0.579. The standard InChI is InChI=1S/C9H14N2OS/c1-4-7-8(5-6(2)12-3)11-9(13)10-7/h5H,4H2,1-3H3,(H2,10,11,13)/b6-5+. The number of aryl methyl sites for hydroxylation is 1. The number of methoxy groups -OCH3 is 1. The van der Waals surface area contributed by atoms with Gasteiger partial charge in [-0.15, -0.1) is 0 Å². The third kappa shape index (κ3) is 2.45. The minimum Gasteiger partial charge on any atom is -0.501 e. The van der Waals surface area contributed by atoms with E-state index in [0.29, 0.717) is 4.77 Å². The monoisotopic (exact) mass is 198 g/mol. The molecule has 0 spiro atoms. The van der Waals surface area contributed by atoms with Crippen molar-refractivity contribution in [2.75, 3.05) is 7.11 Å². The van der Waals surface area contributed by atoms with Crippen molar-refractivity contribution < 1.29 is 4.74 Å². The molecule has 1 rings (SSSR count). The summed E-state index contributed by atoms with van der Waals surface area (Å²) in [5, 5.41) is 0. The number of aromatic nitrogens is 2. The maximum atomic E-state index is 5.06. The Morgan fingerprint density at radius 2 is 2.23 bits per heavy atom. The molecule has 0 atom stereocenters. The lowest BCUT2D eigenvalue weighted by atomic mass is 10.2. The van der Waals surface area contributed by atoms with Crippen LogP contribution in [0.4, 0.5) is 0 Å². The summed E-state index contributed by atoms with van der Waals surface area (Å²) in [5.41, 5.74) is 2.12. The number of hydrogen-bond donors (Lipinski definition) is 2. The van der Waals surface area contributed by atoms with Crippen LogP contribution in [0.1, 0.15) is 25.2 Å². The molecule has 0 aliphatic heterocycles. The van der Waals surface area contributed by atoms with Crippen LogP contribution in [0.5, 0.6) is 0 Å². The van der Waals surface area contributed by atoms with E-state index in [1.165, 1.54) is 0 Å². The van der Waals surface area contributed by atoms with Gasteiger partial charge in [-0.2, -0.15) is 0 Å². The molecule has 0 fully saturated rings. The van der Waals surface area contributed by atoms with Gasteiger partial charge in [0.05, 0.1) is 18.6 Å². The fourth-order valence-electron chi connectivity index (χ4n) is 1.10. The second-order valence-corrected chi connectivity index (χ2v) is 3.19. The Morgan fingerprint density at radius 1 is 1.54 bits per heavy atom. The summed E-state index contributed by atoms with van der Waals surface area (Å²) in [4.78, 5) is 6.15. The average molecular weight is 198 g/mol. The Bertz CT molecular complexity index is 362. The summed E-state index contributed by atoms with van der Waals surface area (Å²) in [6, 6.07) is 0. The molecule has 4 heteroatoms. The van der Waals surface area contributed by atoms with Gasteiger partial charge in [-0.05, 0) is 25.6 Å². The normalized spacial score (nSPS) is 11.8. The molecule has 3 nitrogen and oxygen atoms in total. The van der Waals surface area contributed by atoms with Gasteiger partial charge in [-0.3, -0.25) is 0 Å². The van der Waals surface area contributed by atoms with Crippen molar-refractivity contribution in [3.63, 3.8) is 0 Å². The van der Waals surface area contributed by atoms with Crippen molar-refractivity contribution in [3.8, 4) is 0 Å². The molecule has 0 radical (unpaired) electrons. The molecule has 0 saturated heterocycles. The van der Waals surface area contributed by atoms with E-state index in [-0.39, 0.29) is 0 Å². The van der Waals surface area contributed by atoms with Gasteiger partial charge in [-0.25, -0.2) is 0 Å². The second kappa shape index (κ2) is 4.28. The molecule has 0 aromatic carbocycles. The minimum atomic E-state index is 0.659. The molecule has 2 N–H and O–H groups in total. The highest BCUT2D eigenvalue weighted by Gasteiger charge is 2.00. The summed E-state index contributed by atoms with van der Waals surface area (Å²) >= 11 is 4.99. The van der Waals surface area contributed by atoms with Gasteiger partial charge in [-0.1, -0.05) is 6.92 Å². The van der Waals surface area contributed by atoms with E-state index in [2.05, 4.69) is 16.9 Å². The zero-order chi connectivity index (χ0) is 9.84. The number of aromatic amines is 2. The predicted octanol–water partition coefficient (Wildman–Crippen LogP) is 2.64. The van der Waals surface area contributed by atoms with E-state index in [0.717, 1.165) is 23.6 Å². The molecule has 0 bridgehead atoms. The number of nitrogens with one attached hydrogen (secondary N) is 2. The lowest BCUT2D eigenvalue weighted by Gasteiger charge is -1.98. The number of hydrogen-bond acceptors (Lipinski definition) is 2. The zero-order valence-corrected chi connectivity index (χ0v) is 8.92. The van der Waals surface area contributed by atoms with Gasteiger partial charge in [0.1, 0.15) is 0 Å². The molecule has 0 saturated carbocycles. The second-order valence-electron chi connectivity index (χ2n) is 2.78. The summed E-state index contributed by atoms with van der Waals surface area (Å²) in [6.45, 7) is 3.98. The fourth-order valence-corrected chi connectivity index (χ4v) is 1.33. The van der Waals surface area contributed by atoms with Crippen LogP contribution < -0.4 is 0 Å². The van der Waals surface area contributed by atoms with E-state index in [4.69, 9.17) is 17.0 Å². The zero-order valence-electron chi connectivity index (χ0n) is 8.10. The van der Waals surface area contributed by atoms with Crippen molar-refractivity contribution >= 4 is 18.3 Å². The Morgan fingerprint density at radius 3 is 2.77 bits per heavy atom. The van der Waals surface area contributed by atoms with Gasteiger partial charge in [0.25, 0.3) is 0 Å². The van der Waals surface area contributed by atoms with Crippen LogP contribution in [0, 0.1) is 4.77 Å². The van der Waals surface area contributed by atoms with Crippen molar-refractivity contribution in [2.45, 2.75) is 20.3 Å². The van der Waals surface area contributed by atoms with E-state index < -0.39 is 0 Å². The van der Waals surface area contributed by atoms with Crippen molar-refractivity contribution in [3.05, 3.63) is 21.9 Å². The number of allylic oxidation sites excluding steroid dienone is 1. The number of H-pyrrole nitrogens is 2. The third-order valence-electron chi connectivity index (χ3n) is 1.86. The van der Waals surface area contributed by atoms with Crippen LogP contribution in [0.15, 0.2) is 5.76 Å². The maximum Gasteiger partial charge on any atom is 0.175 e. The molecular weight excluding hydrogens is 184 g/mol. The average Bonchev–Trinajstić information content (AvgIpc) is 2.46. The van der Waals surface area contributed by atoms with Crippen molar-refractivity contribution in [1.29, 1.82) is 0 Å². The van der Waals surface area contributed by atoms with Gasteiger partial charge in [0, 0.05) is 11.8 Å². The number of ether oxygens (including phenoxy) is 1. The first-order chi connectivity index (χ1) is 6.17. The molecule has 1 heterocycles. The summed E-state index contributed by atoms with van der Waals surface area (Å²) in [7, 11) is 1.65. The summed E-state index contributed by atoms with van der Waals surface area (Å²) < 4.78 is 5.72. The van der Waals surface area contributed by atoms with Crippen LogP contribution in [0.2, 0.25) is 0 Å². The minimum absolute atomic E-state index is 0.659. The molecule has 0 aliphatic rings. The third-order valence-corrected chi connectivity index (χ3v) is 2.06. The van der Waals surface area contributed by atoms with E-state index >= 15 is 0 Å². The first-order valence-electron chi connectivity index (χ1n) is 4.20. The SMILES string of the molecule is CCc1[nH]c(=S)[nH]c1/C=C(\C)OC. The highest BCUT2D eigenvalue weighted by atomic mass is 32.1. The lowest BCUT2D eigenvalue weighted by Crippen LogP contribution is -1.86. The number of imidazole rings is 1. The van der Waals surface area contributed by atoms with Gasteiger partial charge < -0.3 is 14.7 Å². The largest absolute Gasteiger partial charge is 0.501 e. The van der Waals surface area contributed by atoms with E-state index in [1.54, 1.807) is 7.11 Å². The summed E-state index contributed by atoms with van der Waals surface area (Å²) in [5.74, 6) is 0.861. The van der Waals surface area contributed by atoms with Crippen LogP contribution >= 0.6 is 12.2 Å². The fraction of sp³-hybridized carbons (Fsp3) is 0.444. The highest BCUT2D eigenvalue weighted by Crippen LogP contribution is 2.10. The molecule has 1 aromatic heterocycles. The molecule has 1 aromatic rings. The van der Waals surface area contributed by atoms with E-state index in [1.807, 2.05) is 13.0 Å². The van der Waals surface area contributed by atoms with Crippen LogP contribution in [-0.4, -0.2) is 17.1 Å². The Hall–Kier alpha value is -1.03. The van der Waals surface area contributed by atoms with Crippen LogP contribution in [0.3, 0.4) is 0 Å². The van der Waals surface area contributed by atoms with Gasteiger partial charge in [0.15, 0.2) is 4.77 Å². The molecule has 13 heavy (non-hydrogen) atoms. The maximum absolute atomic E-state index is 5.06. The first kappa shape index (κ1) is 10.1. The lowest BCUT2D eigenvalue weighted by molar-refractivity contribution is 0.297. The van der Waals surface area contributed by atoms with Gasteiger partial charge in [0.2, 0.25) is 0 Å². The first-order valence-corrected chi connectivity index (χ1v) is 4.61. The van der Waals surface area contributed by atoms with E-state index in [9.17, 15) is 0 Å². The summed E-state index contributed by atoms with van der Waals surface area (Å²) in [6.07, 6.45) is 2.86. The van der Waals surface area contributed by atoms with Crippen molar-refractivity contribution in [1.82, 2.24) is 9.97 Å². The molecule has 72 valence electrons. The molecule has 0 aliphatic carbocycles. The molecular formula is C9H14N2OS. The predicted molar refractivity (Wildman–Crippen MR) is 56.0 cm³/mol. The topological polar surface area (TPSA) is 40.8 Å². The highest BCUT2D eigenvalue weighted by molar-refractivity contribution is 7.71. The Kier molecular flexibility index (Phi) is 3.31. The smallest absolute Gasteiger partial charge is 0.175 e. The van der Waals surface area contributed by atoms with Crippen LogP contribution in [-0.2, 0) is 11.2 Å². The van der Waals surface area contributed by atoms with Crippen LogP contribution in [0.25, 0.3) is 6.08 Å². The molecule has 0 amide bonds. The number of rotatable bonds is 3. The van der Waals surface area contributed by atoms with Crippen molar-refractivity contribution in [2.24, 2.45) is 0 Å². The molecule has 0 unspecified atom stereocenters. The Labute approximate surface area is 82.8 Å². The Balaban J connectivity index is 3.06.